The Morgan fingerprint density at radius 2 is 1.54 bits per heavy atom. The van der Waals surface area contributed by atoms with Crippen LogP contribution < -0.4 is 5.32 Å². The molecule has 0 aliphatic carbocycles. The van der Waals surface area contributed by atoms with Gasteiger partial charge in [0.15, 0.2) is 5.57 Å². The summed E-state index contributed by atoms with van der Waals surface area (Å²) in [5, 5.41) is 3.63. The van der Waals surface area contributed by atoms with E-state index in [9.17, 15) is 18.0 Å². The molecule has 1 rings (SSSR count). The summed E-state index contributed by atoms with van der Waals surface area (Å²) < 4.78 is 34.3. The second-order valence-corrected chi connectivity index (χ2v) is 7.10. The van der Waals surface area contributed by atoms with Gasteiger partial charge in [0.25, 0.3) is 0 Å². The maximum Gasteiger partial charge on any atom is 0.347 e. The highest BCUT2D eigenvalue weighted by Gasteiger charge is 2.21. The fraction of sp³-hybridized carbons (Fsp3) is 0.333. The second kappa shape index (κ2) is 9.76. The fourth-order valence-corrected chi connectivity index (χ4v) is 3.05. The number of allylic oxidation sites excluding steroid dienone is 1. The molecular formula is C18H23NO6S. The van der Waals surface area contributed by atoms with Crippen LogP contribution in [0.3, 0.4) is 0 Å². The van der Waals surface area contributed by atoms with Crippen LogP contribution in [0.15, 0.2) is 52.0 Å². The highest BCUT2D eigenvalue weighted by atomic mass is 32.2. The summed E-state index contributed by atoms with van der Waals surface area (Å²) >= 11 is 0. The summed E-state index contributed by atoms with van der Waals surface area (Å²) in [6, 6.07) is 6.41. The van der Waals surface area contributed by atoms with Gasteiger partial charge in [-0.1, -0.05) is 17.7 Å². The van der Waals surface area contributed by atoms with E-state index in [0.717, 1.165) is 17.2 Å². The first-order chi connectivity index (χ1) is 12.2. The Bertz CT molecular complexity index is 787. The third kappa shape index (κ3) is 6.36. The Labute approximate surface area is 153 Å². The number of sulfone groups is 1. The molecule has 0 aliphatic rings. The van der Waals surface area contributed by atoms with E-state index in [1.807, 2.05) is 6.92 Å². The molecule has 0 atom stereocenters. The Kier molecular flexibility index (Phi) is 8.05. The van der Waals surface area contributed by atoms with Crippen molar-refractivity contribution in [3.63, 3.8) is 0 Å². The van der Waals surface area contributed by atoms with Crippen LogP contribution in [-0.4, -0.2) is 33.6 Å². The predicted molar refractivity (Wildman–Crippen MR) is 96.6 cm³/mol. The SMILES string of the molecule is CCOC(=O)C(=CN/C(C)=C/S(=O)(=O)c1ccc(C)cc1)C(=O)OCC. The zero-order valence-corrected chi connectivity index (χ0v) is 16.1. The molecule has 0 radical (unpaired) electrons. The predicted octanol–water partition coefficient (Wildman–Crippen LogP) is 2.23. The number of hydrogen-bond acceptors (Lipinski definition) is 7. The standard InChI is InChI=1S/C18H23NO6S/c1-5-24-17(20)16(18(21)25-6-2)11-19-14(4)12-26(22,23)15-9-7-13(3)8-10-15/h7-12,19H,5-6H2,1-4H3/b14-12+. The Hall–Kier alpha value is -2.61. The zero-order valence-electron chi connectivity index (χ0n) is 15.2. The molecule has 0 unspecified atom stereocenters. The minimum atomic E-state index is -3.67. The van der Waals surface area contributed by atoms with Crippen LogP contribution in [0.4, 0.5) is 0 Å². The van der Waals surface area contributed by atoms with Gasteiger partial charge in [-0.3, -0.25) is 0 Å². The Morgan fingerprint density at radius 1 is 1.04 bits per heavy atom. The van der Waals surface area contributed by atoms with Crippen molar-refractivity contribution in [2.45, 2.75) is 32.6 Å². The quantitative estimate of drug-likeness (QED) is 0.319. The summed E-state index contributed by atoms with van der Waals surface area (Å²) in [5.41, 5.74) is 0.810. The summed E-state index contributed by atoms with van der Waals surface area (Å²) in [7, 11) is -3.67. The maximum absolute atomic E-state index is 12.4. The van der Waals surface area contributed by atoms with E-state index in [2.05, 4.69) is 5.32 Å². The molecule has 8 heteroatoms. The van der Waals surface area contributed by atoms with Crippen molar-refractivity contribution in [3.8, 4) is 0 Å². The van der Waals surface area contributed by atoms with E-state index in [-0.39, 0.29) is 29.4 Å². The van der Waals surface area contributed by atoms with Gasteiger partial charge in [0, 0.05) is 11.9 Å². The number of benzene rings is 1. The van der Waals surface area contributed by atoms with E-state index in [4.69, 9.17) is 9.47 Å². The minimum Gasteiger partial charge on any atom is -0.462 e. The molecule has 1 aromatic carbocycles. The number of carbonyl (C=O) groups excluding carboxylic acids is 2. The number of carbonyl (C=O) groups is 2. The van der Waals surface area contributed by atoms with Crippen LogP contribution in [0, 0.1) is 6.92 Å². The number of rotatable bonds is 8. The topological polar surface area (TPSA) is 98.8 Å². The summed E-state index contributed by atoms with van der Waals surface area (Å²) in [5.74, 6) is -1.71. The summed E-state index contributed by atoms with van der Waals surface area (Å²) in [6.07, 6.45) is 1.08. The lowest BCUT2D eigenvalue weighted by molar-refractivity contribution is -0.146. The molecule has 0 spiro atoms. The highest BCUT2D eigenvalue weighted by molar-refractivity contribution is 7.94. The number of ether oxygens (including phenoxy) is 2. The molecule has 142 valence electrons. The van der Waals surface area contributed by atoms with Crippen molar-refractivity contribution in [3.05, 3.63) is 52.7 Å². The number of hydrogen-bond donors (Lipinski definition) is 1. The number of aryl methyl sites for hydroxylation is 1. The van der Waals surface area contributed by atoms with Gasteiger partial charge in [-0.05, 0) is 39.8 Å². The highest BCUT2D eigenvalue weighted by Crippen LogP contribution is 2.14. The van der Waals surface area contributed by atoms with Gasteiger partial charge in [0.05, 0.1) is 23.5 Å². The van der Waals surface area contributed by atoms with Gasteiger partial charge in [0.1, 0.15) is 0 Å². The van der Waals surface area contributed by atoms with Crippen LogP contribution in [0.25, 0.3) is 0 Å². The number of esters is 2. The van der Waals surface area contributed by atoms with Crippen molar-refractivity contribution in [2.75, 3.05) is 13.2 Å². The third-order valence-electron chi connectivity index (χ3n) is 3.12. The summed E-state index contributed by atoms with van der Waals surface area (Å²) in [4.78, 5) is 23.8. The van der Waals surface area contributed by atoms with Crippen molar-refractivity contribution < 1.29 is 27.5 Å². The largest absolute Gasteiger partial charge is 0.462 e. The lowest BCUT2D eigenvalue weighted by Crippen LogP contribution is -2.21. The average molecular weight is 381 g/mol. The monoisotopic (exact) mass is 381 g/mol. The van der Waals surface area contributed by atoms with Crippen LogP contribution in [-0.2, 0) is 28.9 Å². The summed E-state index contributed by atoms with van der Waals surface area (Å²) in [6.45, 7) is 6.74. The van der Waals surface area contributed by atoms with Gasteiger partial charge in [-0.25, -0.2) is 18.0 Å². The first-order valence-corrected chi connectivity index (χ1v) is 9.56. The van der Waals surface area contributed by atoms with E-state index < -0.39 is 21.8 Å². The zero-order chi connectivity index (χ0) is 19.7. The minimum absolute atomic E-state index is 0.0895. The Morgan fingerprint density at radius 3 is 2.00 bits per heavy atom. The van der Waals surface area contributed by atoms with E-state index in [1.54, 1.807) is 26.0 Å². The molecule has 26 heavy (non-hydrogen) atoms. The molecule has 0 saturated carbocycles. The second-order valence-electron chi connectivity index (χ2n) is 5.30. The van der Waals surface area contributed by atoms with Crippen molar-refractivity contribution in [1.82, 2.24) is 5.32 Å². The normalized spacial score (nSPS) is 11.5. The molecular weight excluding hydrogens is 358 g/mol. The van der Waals surface area contributed by atoms with Gasteiger partial charge in [-0.15, -0.1) is 0 Å². The molecule has 0 aromatic heterocycles. The van der Waals surface area contributed by atoms with Crippen molar-refractivity contribution in [2.24, 2.45) is 0 Å². The smallest absolute Gasteiger partial charge is 0.347 e. The van der Waals surface area contributed by atoms with E-state index >= 15 is 0 Å². The molecule has 0 heterocycles. The lowest BCUT2D eigenvalue weighted by Gasteiger charge is -2.08. The van der Waals surface area contributed by atoms with Gasteiger partial charge in [-0.2, -0.15) is 0 Å². The molecule has 0 amide bonds. The maximum atomic E-state index is 12.4. The molecule has 7 nitrogen and oxygen atoms in total. The molecule has 1 aromatic rings. The average Bonchev–Trinajstić information content (AvgIpc) is 2.55. The molecule has 0 aliphatic heterocycles. The van der Waals surface area contributed by atoms with Crippen molar-refractivity contribution in [1.29, 1.82) is 0 Å². The fourth-order valence-electron chi connectivity index (χ4n) is 1.87. The van der Waals surface area contributed by atoms with Crippen LogP contribution in [0.2, 0.25) is 0 Å². The van der Waals surface area contributed by atoms with Crippen LogP contribution in [0.5, 0.6) is 0 Å². The third-order valence-corrected chi connectivity index (χ3v) is 4.71. The van der Waals surface area contributed by atoms with Crippen LogP contribution >= 0.6 is 0 Å². The van der Waals surface area contributed by atoms with E-state index in [1.165, 1.54) is 19.1 Å². The first-order valence-electron chi connectivity index (χ1n) is 8.02. The molecule has 0 bridgehead atoms. The Balaban J connectivity index is 3.03. The molecule has 0 fully saturated rings. The first kappa shape index (κ1) is 21.4. The number of nitrogens with one attached hydrogen (secondary N) is 1. The van der Waals surface area contributed by atoms with Gasteiger partial charge >= 0.3 is 11.9 Å². The molecule has 0 saturated heterocycles. The lowest BCUT2D eigenvalue weighted by atomic mass is 10.2. The van der Waals surface area contributed by atoms with Crippen LogP contribution in [0.1, 0.15) is 26.3 Å². The molecule has 1 N–H and O–H groups in total. The van der Waals surface area contributed by atoms with E-state index in [0.29, 0.717) is 0 Å². The van der Waals surface area contributed by atoms with Crippen molar-refractivity contribution >= 4 is 21.8 Å². The van der Waals surface area contributed by atoms with Gasteiger partial charge < -0.3 is 14.8 Å². The van der Waals surface area contributed by atoms with Gasteiger partial charge in [0.2, 0.25) is 9.84 Å².